The van der Waals surface area contributed by atoms with E-state index in [1.54, 1.807) is 6.92 Å². The average Bonchev–Trinajstić information content (AvgIpc) is 2.33. The van der Waals surface area contributed by atoms with E-state index < -0.39 is 0 Å². The number of aliphatic hydroxyl groups excluding tert-OH is 1. The van der Waals surface area contributed by atoms with Gasteiger partial charge in [0.15, 0.2) is 0 Å². The summed E-state index contributed by atoms with van der Waals surface area (Å²) in [5, 5.41) is 8.99. The molecule has 0 saturated carbocycles. The second-order valence-electron chi connectivity index (χ2n) is 4.05. The summed E-state index contributed by atoms with van der Waals surface area (Å²) in [7, 11) is 0. The summed E-state index contributed by atoms with van der Waals surface area (Å²) in [5.41, 5.74) is 1.20. The Hall–Kier alpha value is -1.30. The van der Waals surface area contributed by atoms with Gasteiger partial charge in [-0.1, -0.05) is 30.3 Å². The van der Waals surface area contributed by atoms with Crippen LogP contribution in [0.3, 0.4) is 0 Å². The van der Waals surface area contributed by atoms with Crippen LogP contribution in [0, 0.1) is 11.8 Å². The number of benzene rings is 1. The Balaban J connectivity index is 1.99. The third kappa shape index (κ3) is 7.57. The molecule has 1 N–H and O–H groups in total. The van der Waals surface area contributed by atoms with Gasteiger partial charge >= 0.3 is 0 Å². The third-order valence-electron chi connectivity index (χ3n) is 2.22. The lowest BCUT2D eigenvalue weighted by Crippen LogP contribution is -1.96. The Kier molecular flexibility index (Phi) is 7.13. The summed E-state index contributed by atoms with van der Waals surface area (Å²) in [5.74, 6) is 5.96. The summed E-state index contributed by atoms with van der Waals surface area (Å²) in [6.45, 7) is 3.15. The maximum absolute atomic E-state index is 8.99. The number of aliphatic hydroxyl groups is 1. The van der Waals surface area contributed by atoms with Gasteiger partial charge in [0.1, 0.15) is 0 Å². The minimum absolute atomic E-state index is 0.322. The Morgan fingerprint density at radius 1 is 1.24 bits per heavy atom. The van der Waals surface area contributed by atoms with Crippen LogP contribution in [0.25, 0.3) is 0 Å². The maximum Gasteiger partial charge on any atom is 0.0716 e. The minimum Gasteiger partial charge on any atom is -0.392 e. The highest BCUT2D eigenvalue weighted by atomic mass is 16.5. The van der Waals surface area contributed by atoms with Gasteiger partial charge in [-0.3, -0.25) is 0 Å². The minimum atomic E-state index is -0.322. The lowest BCUT2D eigenvalue weighted by molar-refractivity contribution is 0.119. The van der Waals surface area contributed by atoms with Crippen molar-refractivity contribution in [3.8, 4) is 11.8 Å². The fourth-order valence-corrected chi connectivity index (χ4v) is 1.34. The first-order chi connectivity index (χ1) is 8.29. The largest absolute Gasteiger partial charge is 0.392 e. The molecule has 2 heteroatoms. The van der Waals surface area contributed by atoms with Gasteiger partial charge in [-0.05, 0) is 18.9 Å². The molecule has 0 spiro atoms. The summed E-state index contributed by atoms with van der Waals surface area (Å²) in [6, 6.07) is 10.1. The van der Waals surface area contributed by atoms with Crippen LogP contribution < -0.4 is 0 Å². The monoisotopic (exact) mass is 232 g/mol. The van der Waals surface area contributed by atoms with Gasteiger partial charge in [-0.15, -0.1) is 11.8 Å². The third-order valence-corrected chi connectivity index (χ3v) is 2.22. The highest BCUT2D eigenvalue weighted by molar-refractivity contribution is 5.13. The normalized spacial score (nSPS) is 11.6. The van der Waals surface area contributed by atoms with Gasteiger partial charge in [0.2, 0.25) is 0 Å². The molecule has 0 saturated heterocycles. The molecule has 2 nitrogen and oxygen atoms in total. The molecule has 1 aromatic carbocycles. The molecule has 0 unspecified atom stereocenters. The van der Waals surface area contributed by atoms with E-state index in [1.165, 1.54) is 5.56 Å². The van der Waals surface area contributed by atoms with Gasteiger partial charge in [-0.2, -0.15) is 0 Å². The van der Waals surface area contributed by atoms with Gasteiger partial charge in [0.25, 0.3) is 0 Å². The first-order valence-corrected chi connectivity index (χ1v) is 6.04. The number of unbranched alkanes of at least 4 members (excludes halogenated alkanes) is 1. The number of ether oxygens (including phenoxy) is 1. The quantitative estimate of drug-likeness (QED) is 0.603. The molecule has 1 rings (SSSR count). The van der Waals surface area contributed by atoms with Crippen LogP contribution >= 0.6 is 0 Å². The van der Waals surface area contributed by atoms with Gasteiger partial charge in [0, 0.05) is 19.4 Å². The van der Waals surface area contributed by atoms with Crippen molar-refractivity contribution in [1.82, 2.24) is 0 Å². The van der Waals surface area contributed by atoms with E-state index in [1.807, 2.05) is 18.2 Å². The van der Waals surface area contributed by atoms with Gasteiger partial charge in [-0.25, -0.2) is 0 Å². The molecule has 0 aromatic heterocycles. The highest BCUT2D eigenvalue weighted by Crippen LogP contribution is 2.01. The Morgan fingerprint density at radius 2 is 2.00 bits per heavy atom. The summed E-state index contributed by atoms with van der Waals surface area (Å²) < 4.78 is 5.53. The van der Waals surface area contributed by atoms with Gasteiger partial charge < -0.3 is 9.84 Å². The predicted octanol–water partition coefficient (Wildman–Crippen LogP) is 2.76. The van der Waals surface area contributed by atoms with Crippen molar-refractivity contribution in [2.24, 2.45) is 0 Å². The standard InChI is InChI=1S/C15H20O2/c1-14(16)9-5-2-3-8-12-17-13-15-10-6-4-7-11-15/h4,6-7,10-11,14,16H,3,8-9,12-13H2,1H3/t14-/m1/s1. The second-order valence-corrected chi connectivity index (χ2v) is 4.05. The molecule has 0 fully saturated rings. The summed E-state index contributed by atoms with van der Waals surface area (Å²) in [6.07, 6.45) is 2.02. The van der Waals surface area contributed by atoms with Crippen LogP contribution in [-0.2, 0) is 11.3 Å². The fourth-order valence-electron chi connectivity index (χ4n) is 1.34. The Labute approximate surface area is 104 Å². The zero-order chi connectivity index (χ0) is 12.3. The first kappa shape index (κ1) is 13.8. The first-order valence-electron chi connectivity index (χ1n) is 6.04. The van der Waals surface area contributed by atoms with Crippen molar-refractivity contribution in [3.63, 3.8) is 0 Å². The lowest BCUT2D eigenvalue weighted by atomic mass is 10.2. The number of hydrogen-bond donors (Lipinski definition) is 1. The van der Waals surface area contributed by atoms with E-state index in [9.17, 15) is 0 Å². The molecule has 1 aromatic rings. The van der Waals surface area contributed by atoms with E-state index >= 15 is 0 Å². The van der Waals surface area contributed by atoms with Crippen LogP contribution in [0.2, 0.25) is 0 Å². The molecule has 0 aliphatic heterocycles. The molecular weight excluding hydrogens is 212 g/mol. The Bertz CT molecular complexity index is 346. The Morgan fingerprint density at radius 3 is 2.71 bits per heavy atom. The number of rotatable bonds is 6. The van der Waals surface area contributed by atoms with Crippen molar-refractivity contribution in [2.75, 3.05) is 6.61 Å². The summed E-state index contributed by atoms with van der Waals surface area (Å²) >= 11 is 0. The molecule has 1 atom stereocenters. The topological polar surface area (TPSA) is 29.5 Å². The van der Waals surface area contributed by atoms with Crippen molar-refractivity contribution in [2.45, 2.75) is 38.9 Å². The maximum atomic E-state index is 8.99. The molecular formula is C15H20O2. The molecule has 0 heterocycles. The zero-order valence-corrected chi connectivity index (χ0v) is 10.4. The van der Waals surface area contributed by atoms with E-state index in [0.29, 0.717) is 13.0 Å². The van der Waals surface area contributed by atoms with Crippen LogP contribution in [0.4, 0.5) is 0 Å². The molecule has 0 aliphatic rings. The molecule has 92 valence electrons. The van der Waals surface area contributed by atoms with Crippen LogP contribution in [-0.4, -0.2) is 17.8 Å². The molecule has 0 aliphatic carbocycles. The smallest absolute Gasteiger partial charge is 0.0716 e. The van der Waals surface area contributed by atoms with E-state index in [-0.39, 0.29) is 6.10 Å². The number of hydrogen-bond acceptors (Lipinski definition) is 2. The molecule has 0 amide bonds. The molecule has 17 heavy (non-hydrogen) atoms. The predicted molar refractivity (Wildman–Crippen MR) is 69.4 cm³/mol. The average molecular weight is 232 g/mol. The lowest BCUT2D eigenvalue weighted by Gasteiger charge is -2.02. The van der Waals surface area contributed by atoms with Crippen LogP contribution in [0.5, 0.6) is 0 Å². The van der Waals surface area contributed by atoms with Gasteiger partial charge in [0.05, 0.1) is 12.7 Å². The van der Waals surface area contributed by atoms with E-state index in [0.717, 1.165) is 19.4 Å². The summed E-state index contributed by atoms with van der Waals surface area (Å²) in [4.78, 5) is 0. The fraction of sp³-hybridized carbons (Fsp3) is 0.467. The molecule has 0 bridgehead atoms. The van der Waals surface area contributed by atoms with Crippen LogP contribution in [0.1, 0.15) is 31.7 Å². The van der Waals surface area contributed by atoms with Crippen LogP contribution in [0.15, 0.2) is 30.3 Å². The SMILES string of the molecule is C[C@@H](O)CC#CCCCOCc1ccccc1. The molecule has 0 radical (unpaired) electrons. The second kappa shape index (κ2) is 8.81. The highest BCUT2D eigenvalue weighted by Gasteiger charge is 1.91. The van der Waals surface area contributed by atoms with Crippen molar-refractivity contribution >= 4 is 0 Å². The van der Waals surface area contributed by atoms with Crippen molar-refractivity contribution < 1.29 is 9.84 Å². The zero-order valence-electron chi connectivity index (χ0n) is 10.4. The van der Waals surface area contributed by atoms with E-state index in [4.69, 9.17) is 9.84 Å². The van der Waals surface area contributed by atoms with Crippen molar-refractivity contribution in [1.29, 1.82) is 0 Å². The van der Waals surface area contributed by atoms with Crippen molar-refractivity contribution in [3.05, 3.63) is 35.9 Å². The van der Waals surface area contributed by atoms with E-state index in [2.05, 4.69) is 24.0 Å².